The van der Waals surface area contributed by atoms with E-state index in [0.717, 1.165) is 0 Å². The monoisotopic (exact) mass is 197 g/mol. The van der Waals surface area contributed by atoms with Gasteiger partial charge >= 0.3 is 0 Å². The molecule has 14 heavy (non-hydrogen) atoms. The maximum Gasteiger partial charge on any atom is 0.287 e. The molecule has 0 saturated carbocycles. The minimum Gasteiger partial charge on any atom is -0.459 e. The lowest BCUT2D eigenvalue weighted by molar-refractivity contribution is 0.0921. The first-order chi connectivity index (χ1) is 6.65. The number of hydrogen-bond acceptors (Lipinski definition) is 4. The van der Waals surface area contributed by atoms with Gasteiger partial charge in [0.15, 0.2) is 11.6 Å². The lowest BCUT2D eigenvalue weighted by Gasteiger charge is -2.10. The number of nitrogens with two attached hydrogens (primary N) is 1. The minimum absolute atomic E-state index is 0.0649. The lowest BCUT2D eigenvalue weighted by atomic mass is 10.3. The third-order valence-electron chi connectivity index (χ3n) is 1.65. The van der Waals surface area contributed by atoms with Crippen molar-refractivity contribution in [3.8, 4) is 0 Å². The summed E-state index contributed by atoms with van der Waals surface area (Å²) in [6.07, 6.45) is 1.39. The van der Waals surface area contributed by atoms with E-state index in [1.54, 1.807) is 13.0 Å². The largest absolute Gasteiger partial charge is 0.459 e. The van der Waals surface area contributed by atoms with Gasteiger partial charge in [-0.25, -0.2) is 0 Å². The molecule has 0 aliphatic rings. The van der Waals surface area contributed by atoms with Crippen molar-refractivity contribution < 1.29 is 14.4 Å². The maximum absolute atomic E-state index is 11.3. The van der Waals surface area contributed by atoms with E-state index >= 15 is 0 Å². The molecular formula is C8H11N3O3. The Morgan fingerprint density at radius 3 is 3.00 bits per heavy atom. The lowest BCUT2D eigenvalue weighted by Crippen LogP contribution is -2.42. The maximum atomic E-state index is 11.3. The fourth-order valence-corrected chi connectivity index (χ4v) is 0.836. The second-order valence-corrected chi connectivity index (χ2v) is 2.70. The van der Waals surface area contributed by atoms with Gasteiger partial charge in [-0.2, -0.15) is 0 Å². The van der Waals surface area contributed by atoms with Crippen LogP contribution in [0.1, 0.15) is 17.5 Å². The third-order valence-corrected chi connectivity index (χ3v) is 1.65. The van der Waals surface area contributed by atoms with Crippen LogP contribution in [0.2, 0.25) is 0 Å². The number of nitrogens with zero attached hydrogens (tertiary/aromatic N) is 1. The molecule has 0 radical (unpaired) electrons. The first-order valence-electron chi connectivity index (χ1n) is 3.97. The molecule has 0 spiro atoms. The van der Waals surface area contributed by atoms with E-state index in [2.05, 4.69) is 10.5 Å². The summed E-state index contributed by atoms with van der Waals surface area (Å²) in [6, 6.07) is 2.58. The van der Waals surface area contributed by atoms with E-state index < -0.39 is 11.9 Å². The zero-order chi connectivity index (χ0) is 10.6. The van der Waals surface area contributed by atoms with Crippen molar-refractivity contribution in [1.29, 1.82) is 0 Å². The van der Waals surface area contributed by atoms with Crippen LogP contribution in [0.4, 0.5) is 0 Å². The predicted octanol–water partition coefficient (Wildman–Crippen LogP) is 0.144. The highest BCUT2D eigenvalue weighted by molar-refractivity contribution is 5.96. The van der Waals surface area contributed by atoms with Crippen molar-refractivity contribution in [3.63, 3.8) is 0 Å². The van der Waals surface area contributed by atoms with Crippen LogP contribution in [0.3, 0.4) is 0 Å². The topological polar surface area (TPSA) is 101 Å². The van der Waals surface area contributed by atoms with Crippen molar-refractivity contribution in [1.82, 2.24) is 5.32 Å². The van der Waals surface area contributed by atoms with Gasteiger partial charge in [0.25, 0.3) is 5.91 Å². The molecule has 76 valence electrons. The van der Waals surface area contributed by atoms with E-state index in [1.165, 1.54) is 12.3 Å². The molecule has 1 heterocycles. The molecule has 0 aliphatic heterocycles. The van der Waals surface area contributed by atoms with Gasteiger partial charge in [0, 0.05) is 0 Å². The number of hydrogen-bond donors (Lipinski definition) is 3. The Morgan fingerprint density at radius 2 is 2.50 bits per heavy atom. The molecule has 0 bridgehead atoms. The van der Waals surface area contributed by atoms with E-state index in [-0.39, 0.29) is 11.6 Å². The van der Waals surface area contributed by atoms with Gasteiger partial charge in [-0.05, 0) is 19.1 Å². The van der Waals surface area contributed by atoms with Gasteiger partial charge in [-0.3, -0.25) is 4.79 Å². The fraction of sp³-hybridized carbons (Fsp3) is 0.250. The number of rotatable bonds is 3. The molecule has 6 nitrogen and oxygen atoms in total. The van der Waals surface area contributed by atoms with E-state index in [4.69, 9.17) is 15.4 Å². The van der Waals surface area contributed by atoms with Crippen LogP contribution in [-0.2, 0) is 0 Å². The van der Waals surface area contributed by atoms with E-state index in [9.17, 15) is 4.79 Å². The number of carbonyl (C=O) groups is 1. The van der Waals surface area contributed by atoms with Crippen molar-refractivity contribution in [2.24, 2.45) is 10.9 Å². The zero-order valence-corrected chi connectivity index (χ0v) is 7.60. The highest BCUT2D eigenvalue weighted by atomic mass is 16.4. The van der Waals surface area contributed by atoms with Gasteiger partial charge in [0.2, 0.25) is 0 Å². The van der Waals surface area contributed by atoms with Crippen LogP contribution >= 0.6 is 0 Å². The standard InChI is InChI=1S/C8H11N3O3/c1-5(7(9)11-13)10-8(12)6-3-2-4-14-6/h2-5,13H,1H3,(H2,9,11)(H,10,12). The zero-order valence-electron chi connectivity index (χ0n) is 7.60. The second-order valence-electron chi connectivity index (χ2n) is 2.70. The van der Waals surface area contributed by atoms with Crippen molar-refractivity contribution >= 4 is 11.7 Å². The summed E-state index contributed by atoms with van der Waals surface area (Å²) < 4.78 is 4.85. The summed E-state index contributed by atoms with van der Waals surface area (Å²) in [6.45, 7) is 1.59. The third kappa shape index (κ3) is 2.25. The molecular weight excluding hydrogens is 186 g/mol. The molecule has 1 amide bonds. The van der Waals surface area contributed by atoms with Crippen LogP contribution in [0.25, 0.3) is 0 Å². The molecule has 1 aromatic rings. The molecule has 0 aliphatic carbocycles. The van der Waals surface area contributed by atoms with E-state index in [0.29, 0.717) is 0 Å². The van der Waals surface area contributed by atoms with Crippen molar-refractivity contribution in [2.45, 2.75) is 13.0 Å². The average molecular weight is 197 g/mol. The van der Waals surface area contributed by atoms with Crippen LogP contribution in [-0.4, -0.2) is 23.0 Å². The van der Waals surface area contributed by atoms with Crippen LogP contribution in [0.15, 0.2) is 28.0 Å². The SMILES string of the molecule is CC(NC(=O)c1ccco1)/C(N)=N/O. The Kier molecular flexibility index (Phi) is 3.11. The summed E-state index contributed by atoms with van der Waals surface area (Å²) in [5.74, 6) is -0.290. The molecule has 0 fully saturated rings. The Labute approximate surface area is 80.4 Å². The molecule has 4 N–H and O–H groups in total. The van der Waals surface area contributed by atoms with Crippen LogP contribution in [0, 0.1) is 0 Å². The second kappa shape index (κ2) is 4.31. The summed E-state index contributed by atoms with van der Waals surface area (Å²) in [5.41, 5.74) is 5.27. The molecule has 0 aromatic carbocycles. The first kappa shape index (κ1) is 10.1. The summed E-state index contributed by atoms with van der Waals surface area (Å²) in [4.78, 5) is 11.3. The molecule has 1 aromatic heterocycles. The highest BCUT2D eigenvalue weighted by Crippen LogP contribution is 1.99. The fourth-order valence-electron chi connectivity index (χ4n) is 0.836. The van der Waals surface area contributed by atoms with Gasteiger partial charge in [-0.15, -0.1) is 0 Å². The quantitative estimate of drug-likeness (QED) is 0.278. The molecule has 6 heteroatoms. The Hall–Kier alpha value is -1.98. The number of nitrogens with one attached hydrogen (secondary N) is 1. The Morgan fingerprint density at radius 1 is 1.79 bits per heavy atom. The number of amides is 1. The van der Waals surface area contributed by atoms with Gasteiger partial charge in [-0.1, -0.05) is 5.16 Å². The summed E-state index contributed by atoms with van der Waals surface area (Å²) in [5, 5.41) is 13.6. The van der Waals surface area contributed by atoms with Gasteiger partial charge in [0.1, 0.15) is 0 Å². The number of oxime groups is 1. The highest BCUT2D eigenvalue weighted by Gasteiger charge is 2.14. The summed E-state index contributed by atoms with van der Waals surface area (Å²) >= 11 is 0. The van der Waals surface area contributed by atoms with Crippen LogP contribution in [0.5, 0.6) is 0 Å². The predicted molar refractivity (Wildman–Crippen MR) is 49.0 cm³/mol. The number of carbonyl (C=O) groups excluding carboxylic acids is 1. The average Bonchev–Trinajstić information content (AvgIpc) is 2.69. The normalized spacial score (nSPS) is 13.6. The molecule has 0 saturated heterocycles. The van der Waals surface area contributed by atoms with Gasteiger partial charge < -0.3 is 20.7 Å². The van der Waals surface area contributed by atoms with E-state index in [1.807, 2.05) is 0 Å². The number of amidine groups is 1. The molecule has 1 unspecified atom stereocenters. The molecule has 1 atom stereocenters. The first-order valence-corrected chi connectivity index (χ1v) is 3.97. The van der Waals surface area contributed by atoms with Crippen LogP contribution < -0.4 is 11.1 Å². The Bertz CT molecular complexity index is 332. The smallest absolute Gasteiger partial charge is 0.287 e. The number of furan rings is 1. The van der Waals surface area contributed by atoms with Gasteiger partial charge in [0.05, 0.1) is 12.3 Å². The Balaban J connectivity index is 2.58. The molecule has 1 rings (SSSR count). The van der Waals surface area contributed by atoms with Crippen molar-refractivity contribution in [3.05, 3.63) is 24.2 Å². The summed E-state index contributed by atoms with van der Waals surface area (Å²) in [7, 11) is 0. The minimum atomic E-state index is -0.544. The van der Waals surface area contributed by atoms with Crippen molar-refractivity contribution in [2.75, 3.05) is 0 Å².